The normalized spacial score (nSPS) is 24.6. The topological polar surface area (TPSA) is 57.8 Å². The van der Waals surface area contributed by atoms with Gasteiger partial charge in [0, 0.05) is 23.6 Å². The van der Waals surface area contributed by atoms with Crippen molar-refractivity contribution < 1.29 is 0 Å². The van der Waals surface area contributed by atoms with Crippen molar-refractivity contribution in [2.75, 3.05) is 7.05 Å². The standard InChI is InChI=1S/C16H19N3OS/c1-10-9-13(21-16-18-8-7-14(20)19-16)15(17-2)12-6-4-3-5-11(10)12/h3-8,10,13,15,17H,9H2,1-2H3,(H,18,19,20). The summed E-state index contributed by atoms with van der Waals surface area (Å²) in [6, 6.07) is 10.3. The third-order valence-corrected chi connectivity index (χ3v) is 5.24. The molecule has 0 amide bonds. The predicted molar refractivity (Wildman–Crippen MR) is 85.8 cm³/mol. The van der Waals surface area contributed by atoms with Crippen molar-refractivity contribution in [3.05, 3.63) is 58.0 Å². The van der Waals surface area contributed by atoms with Crippen molar-refractivity contribution >= 4 is 11.8 Å². The molecule has 3 atom stereocenters. The van der Waals surface area contributed by atoms with E-state index >= 15 is 0 Å². The number of hydrogen-bond acceptors (Lipinski definition) is 4. The summed E-state index contributed by atoms with van der Waals surface area (Å²) in [4.78, 5) is 18.5. The van der Waals surface area contributed by atoms with Crippen LogP contribution in [0.4, 0.5) is 0 Å². The summed E-state index contributed by atoms with van der Waals surface area (Å²) in [5.74, 6) is 0.513. The molecule has 1 aliphatic carbocycles. The molecule has 0 bridgehead atoms. The zero-order chi connectivity index (χ0) is 14.8. The highest BCUT2D eigenvalue weighted by Gasteiger charge is 2.33. The Hall–Kier alpha value is -1.59. The van der Waals surface area contributed by atoms with Crippen molar-refractivity contribution in [1.29, 1.82) is 0 Å². The maximum absolute atomic E-state index is 11.4. The van der Waals surface area contributed by atoms with Gasteiger partial charge in [-0.15, -0.1) is 0 Å². The number of rotatable bonds is 3. The van der Waals surface area contributed by atoms with Gasteiger partial charge in [0.25, 0.3) is 5.56 Å². The zero-order valence-corrected chi connectivity index (χ0v) is 13.0. The van der Waals surface area contributed by atoms with Gasteiger partial charge in [-0.05, 0) is 30.5 Å². The largest absolute Gasteiger partial charge is 0.312 e. The summed E-state index contributed by atoms with van der Waals surface area (Å²) in [6.45, 7) is 2.26. The van der Waals surface area contributed by atoms with Gasteiger partial charge in [-0.3, -0.25) is 4.79 Å². The van der Waals surface area contributed by atoms with Crippen LogP contribution in [-0.2, 0) is 0 Å². The lowest BCUT2D eigenvalue weighted by Crippen LogP contribution is -2.33. The smallest absolute Gasteiger partial charge is 0.251 e. The molecule has 2 N–H and O–H groups in total. The molecule has 0 fully saturated rings. The van der Waals surface area contributed by atoms with Crippen molar-refractivity contribution in [3.8, 4) is 0 Å². The molecule has 0 radical (unpaired) electrons. The van der Waals surface area contributed by atoms with E-state index in [1.807, 2.05) is 7.05 Å². The molecule has 0 spiro atoms. The van der Waals surface area contributed by atoms with E-state index in [9.17, 15) is 4.79 Å². The lowest BCUT2D eigenvalue weighted by atomic mass is 9.81. The van der Waals surface area contributed by atoms with Gasteiger partial charge in [-0.25, -0.2) is 4.98 Å². The minimum Gasteiger partial charge on any atom is -0.312 e. The van der Waals surface area contributed by atoms with E-state index in [-0.39, 0.29) is 11.6 Å². The van der Waals surface area contributed by atoms with E-state index in [2.05, 4.69) is 46.5 Å². The van der Waals surface area contributed by atoms with Crippen LogP contribution < -0.4 is 10.9 Å². The molecule has 0 saturated carbocycles. The molecule has 1 aromatic carbocycles. The number of aromatic nitrogens is 2. The van der Waals surface area contributed by atoms with Crippen molar-refractivity contribution in [2.45, 2.75) is 35.7 Å². The summed E-state index contributed by atoms with van der Waals surface area (Å²) in [7, 11) is 1.99. The Morgan fingerprint density at radius 3 is 2.76 bits per heavy atom. The fraction of sp³-hybridized carbons (Fsp3) is 0.375. The minimum absolute atomic E-state index is 0.0993. The van der Waals surface area contributed by atoms with Crippen LogP contribution in [0.15, 0.2) is 46.5 Å². The second-order valence-electron chi connectivity index (χ2n) is 5.43. The molecule has 0 aliphatic heterocycles. The quantitative estimate of drug-likeness (QED) is 0.856. The second-order valence-corrected chi connectivity index (χ2v) is 6.66. The van der Waals surface area contributed by atoms with Gasteiger partial charge in [0.15, 0.2) is 5.16 Å². The second kappa shape index (κ2) is 6.03. The van der Waals surface area contributed by atoms with E-state index in [4.69, 9.17) is 0 Å². The Morgan fingerprint density at radius 2 is 2.05 bits per heavy atom. The molecule has 5 heteroatoms. The van der Waals surface area contributed by atoms with Crippen LogP contribution in [0, 0.1) is 0 Å². The summed E-state index contributed by atoms with van der Waals surface area (Å²) in [5.41, 5.74) is 2.68. The van der Waals surface area contributed by atoms with Crippen LogP contribution in [0.3, 0.4) is 0 Å². The van der Waals surface area contributed by atoms with Gasteiger partial charge in [-0.1, -0.05) is 43.0 Å². The number of H-pyrrole nitrogens is 1. The number of nitrogens with one attached hydrogen (secondary N) is 2. The number of nitrogens with zero attached hydrogens (tertiary/aromatic N) is 1. The average molecular weight is 301 g/mol. The molecule has 1 aliphatic rings. The van der Waals surface area contributed by atoms with Crippen LogP contribution in [-0.4, -0.2) is 22.3 Å². The molecule has 3 rings (SSSR count). The molecule has 1 aromatic heterocycles. The predicted octanol–water partition coefficient (Wildman–Crippen LogP) is 2.70. The molecule has 2 aromatic rings. The first-order chi connectivity index (χ1) is 10.2. The molecular formula is C16H19N3OS. The van der Waals surface area contributed by atoms with Crippen molar-refractivity contribution in [2.24, 2.45) is 0 Å². The van der Waals surface area contributed by atoms with Gasteiger partial charge < -0.3 is 10.3 Å². The lowest BCUT2D eigenvalue weighted by Gasteiger charge is -2.36. The fourth-order valence-electron chi connectivity index (χ4n) is 3.07. The third-order valence-electron chi connectivity index (χ3n) is 4.04. The van der Waals surface area contributed by atoms with Crippen LogP contribution in [0.1, 0.15) is 36.4 Å². The Morgan fingerprint density at radius 1 is 1.29 bits per heavy atom. The van der Waals surface area contributed by atoms with Crippen LogP contribution in [0.25, 0.3) is 0 Å². The maximum atomic E-state index is 11.4. The first kappa shape index (κ1) is 14.4. The summed E-state index contributed by atoms with van der Waals surface area (Å²) >= 11 is 1.65. The van der Waals surface area contributed by atoms with Gasteiger partial charge in [0.05, 0.1) is 0 Å². The van der Waals surface area contributed by atoms with Crippen molar-refractivity contribution in [1.82, 2.24) is 15.3 Å². The highest BCUT2D eigenvalue weighted by atomic mass is 32.2. The molecule has 3 unspecified atom stereocenters. The summed E-state index contributed by atoms with van der Waals surface area (Å²) < 4.78 is 0. The van der Waals surface area contributed by atoms with Crippen LogP contribution >= 0.6 is 11.8 Å². The van der Waals surface area contributed by atoms with E-state index in [1.54, 1.807) is 18.0 Å². The number of thioether (sulfide) groups is 1. The van der Waals surface area contributed by atoms with Gasteiger partial charge >= 0.3 is 0 Å². The molecule has 0 saturated heterocycles. The fourth-order valence-corrected chi connectivity index (χ4v) is 4.44. The lowest BCUT2D eigenvalue weighted by molar-refractivity contribution is 0.472. The molecule has 21 heavy (non-hydrogen) atoms. The van der Waals surface area contributed by atoms with E-state index in [0.29, 0.717) is 16.3 Å². The Bertz CT molecular complexity index is 685. The molecule has 1 heterocycles. The highest BCUT2D eigenvalue weighted by molar-refractivity contribution is 7.99. The number of benzene rings is 1. The van der Waals surface area contributed by atoms with Crippen molar-refractivity contribution in [3.63, 3.8) is 0 Å². The highest BCUT2D eigenvalue weighted by Crippen LogP contribution is 2.43. The molecular weight excluding hydrogens is 282 g/mol. The van der Waals surface area contributed by atoms with E-state index in [1.165, 1.54) is 17.2 Å². The first-order valence-electron chi connectivity index (χ1n) is 7.17. The Balaban J connectivity index is 1.91. The molecule has 4 nitrogen and oxygen atoms in total. The number of aromatic amines is 1. The van der Waals surface area contributed by atoms with Crippen LogP contribution in [0.5, 0.6) is 0 Å². The third kappa shape index (κ3) is 2.89. The summed E-state index contributed by atoms with van der Waals surface area (Å²) in [5, 5.41) is 4.47. The van der Waals surface area contributed by atoms with Crippen LogP contribution in [0.2, 0.25) is 0 Å². The monoisotopic (exact) mass is 301 g/mol. The Labute approximate surface area is 128 Å². The SMILES string of the molecule is CNC1c2ccccc2C(C)CC1Sc1nccc(=O)[nH]1. The first-order valence-corrected chi connectivity index (χ1v) is 8.05. The minimum atomic E-state index is -0.0993. The maximum Gasteiger partial charge on any atom is 0.251 e. The zero-order valence-electron chi connectivity index (χ0n) is 12.2. The molecule has 110 valence electrons. The van der Waals surface area contributed by atoms with E-state index in [0.717, 1.165) is 6.42 Å². The van der Waals surface area contributed by atoms with Gasteiger partial charge in [0.1, 0.15) is 0 Å². The van der Waals surface area contributed by atoms with E-state index < -0.39 is 0 Å². The number of fused-ring (bicyclic) bond motifs is 1. The Kier molecular flexibility index (Phi) is 4.12. The van der Waals surface area contributed by atoms with Gasteiger partial charge in [-0.2, -0.15) is 0 Å². The van der Waals surface area contributed by atoms with Gasteiger partial charge in [0.2, 0.25) is 0 Å². The summed E-state index contributed by atoms with van der Waals surface area (Å²) in [6.07, 6.45) is 2.63. The number of hydrogen-bond donors (Lipinski definition) is 2. The average Bonchev–Trinajstić information content (AvgIpc) is 2.48.